The van der Waals surface area contributed by atoms with Crippen LogP contribution in [0, 0.1) is 12.7 Å². The molecule has 0 atom stereocenters. The zero-order valence-corrected chi connectivity index (χ0v) is 7.56. The molecule has 1 nitrogen and oxygen atoms in total. The number of benzene rings is 1. The molecule has 0 aliphatic heterocycles. The highest BCUT2D eigenvalue weighted by Gasteiger charge is 2.16. The first-order chi connectivity index (χ1) is 5.41. The Hall–Kier alpha value is -0.890. The summed E-state index contributed by atoms with van der Waals surface area (Å²) in [7, 11) is 0. The standard InChI is InChI=1S/C10H13FO/c1-7-6-8(10(2,3)12)4-5-9(7)11/h4-6,12H,1-3H3. The summed E-state index contributed by atoms with van der Waals surface area (Å²) in [6.07, 6.45) is 0. The second-order valence-electron chi connectivity index (χ2n) is 3.52. The number of aryl methyl sites for hydroxylation is 1. The summed E-state index contributed by atoms with van der Waals surface area (Å²) in [5.74, 6) is -0.233. The Balaban J connectivity index is 3.14. The summed E-state index contributed by atoms with van der Waals surface area (Å²) in [6.45, 7) is 5.05. The van der Waals surface area contributed by atoms with Gasteiger partial charge in [-0.2, -0.15) is 0 Å². The van der Waals surface area contributed by atoms with Crippen molar-refractivity contribution < 1.29 is 9.50 Å². The molecule has 1 rings (SSSR count). The average Bonchev–Trinajstić information content (AvgIpc) is 1.92. The van der Waals surface area contributed by atoms with Crippen molar-refractivity contribution >= 4 is 0 Å². The van der Waals surface area contributed by atoms with Gasteiger partial charge in [0.1, 0.15) is 5.82 Å². The second-order valence-corrected chi connectivity index (χ2v) is 3.52. The van der Waals surface area contributed by atoms with Gasteiger partial charge in [0.25, 0.3) is 0 Å². The van der Waals surface area contributed by atoms with E-state index < -0.39 is 5.60 Å². The second kappa shape index (κ2) is 2.87. The summed E-state index contributed by atoms with van der Waals surface area (Å²) < 4.78 is 12.8. The molecule has 0 heterocycles. The maximum atomic E-state index is 12.8. The van der Waals surface area contributed by atoms with Crippen molar-refractivity contribution in [2.24, 2.45) is 0 Å². The minimum absolute atomic E-state index is 0.233. The molecular formula is C10H13FO. The predicted molar refractivity (Wildman–Crippen MR) is 46.4 cm³/mol. The highest BCUT2D eigenvalue weighted by Crippen LogP contribution is 2.21. The zero-order valence-electron chi connectivity index (χ0n) is 7.56. The number of rotatable bonds is 1. The Kier molecular flexibility index (Phi) is 2.20. The third kappa shape index (κ3) is 1.83. The average molecular weight is 168 g/mol. The molecule has 0 radical (unpaired) electrons. The first kappa shape index (κ1) is 9.20. The van der Waals surface area contributed by atoms with Gasteiger partial charge in [0.15, 0.2) is 0 Å². The fourth-order valence-electron chi connectivity index (χ4n) is 1.03. The molecule has 0 fully saturated rings. The largest absolute Gasteiger partial charge is 0.386 e. The lowest BCUT2D eigenvalue weighted by atomic mass is 9.97. The minimum atomic E-state index is -0.890. The van der Waals surface area contributed by atoms with Crippen LogP contribution in [0.15, 0.2) is 18.2 Å². The predicted octanol–water partition coefficient (Wildman–Crippen LogP) is 2.36. The number of halogens is 1. The van der Waals surface area contributed by atoms with Gasteiger partial charge in [-0.25, -0.2) is 4.39 Å². The molecular weight excluding hydrogens is 155 g/mol. The fraction of sp³-hybridized carbons (Fsp3) is 0.400. The van der Waals surface area contributed by atoms with Crippen molar-refractivity contribution in [3.8, 4) is 0 Å². The van der Waals surface area contributed by atoms with Crippen molar-refractivity contribution in [3.63, 3.8) is 0 Å². The highest BCUT2D eigenvalue weighted by atomic mass is 19.1. The lowest BCUT2D eigenvalue weighted by Crippen LogP contribution is -2.15. The van der Waals surface area contributed by atoms with Crippen LogP contribution in [0.25, 0.3) is 0 Å². The molecule has 1 aromatic carbocycles. The normalized spacial score (nSPS) is 11.8. The minimum Gasteiger partial charge on any atom is -0.386 e. The van der Waals surface area contributed by atoms with Gasteiger partial charge in [-0.1, -0.05) is 12.1 Å². The summed E-state index contributed by atoms with van der Waals surface area (Å²) in [5, 5.41) is 9.58. The van der Waals surface area contributed by atoms with Crippen molar-refractivity contribution in [2.75, 3.05) is 0 Å². The van der Waals surface area contributed by atoms with Gasteiger partial charge in [0, 0.05) is 0 Å². The van der Waals surface area contributed by atoms with Crippen LogP contribution in [0.1, 0.15) is 25.0 Å². The molecule has 1 N–H and O–H groups in total. The van der Waals surface area contributed by atoms with Crippen LogP contribution < -0.4 is 0 Å². The first-order valence-corrected chi connectivity index (χ1v) is 3.90. The Morgan fingerprint density at radius 3 is 2.33 bits per heavy atom. The molecule has 0 spiro atoms. The summed E-state index contributed by atoms with van der Waals surface area (Å²) in [5.41, 5.74) is 0.411. The van der Waals surface area contributed by atoms with Crippen molar-refractivity contribution in [2.45, 2.75) is 26.4 Å². The number of aliphatic hydroxyl groups is 1. The van der Waals surface area contributed by atoms with Crippen LogP contribution in [0.2, 0.25) is 0 Å². The van der Waals surface area contributed by atoms with E-state index >= 15 is 0 Å². The molecule has 0 amide bonds. The van der Waals surface area contributed by atoms with Crippen molar-refractivity contribution in [1.29, 1.82) is 0 Å². The van der Waals surface area contributed by atoms with Crippen LogP contribution in [0.3, 0.4) is 0 Å². The summed E-state index contributed by atoms with van der Waals surface area (Å²) >= 11 is 0. The molecule has 2 heteroatoms. The topological polar surface area (TPSA) is 20.2 Å². The first-order valence-electron chi connectivity index (χ1n) is 3.90. The highest BCUT2D eigenvalue weighted by molar-refractivity contribution is 5.27. The van der Waals surface area contributed by atoms with Crippen LogP contribution in [-0.4, -0.2) is 5.11 Å². The summed E-state index contributed by atoms with van der Waals surface area (Å²) in [4.78, 5) is 0. The lowest BCUT2D eigenvalue weighted by Gasteiger charge is -2.18. The third-order valence-electron chi connectivity index (χ3n) is 1.86. The Morgan fingerprint density at radius 1 is 1.33 bits per heavy atom. The maximum Gasteiger partial charge on any atom is 0.126 e. The van der Waals surface area contributed by atoms with Crippen molar-refractivity contribution in [1.82, 2.24) is 0 Å². The van der Waals surface area contributed by atoms with Crippen LogP contribution >= 0.6 is 0 Å². The van der Waals surface area contributed by atoms with Gasteiger partial charge in [-0.05, 0) is 38.0 Å². The van der Waals surface area contributed by atoms with E-state index in [1.807, 2.05) is 0 Å². The van der Waals surface area contributed by atoms with Gasteiger partial charge in [-0.3, -0.25) is 0 Å². The van der Waals surface area contributed by atoms with Gasteiger partial charge in [-0.15, -0.1) is 0 Å². The molecule has 0 saturated carbocycles. The van der Waals surface area contributed by atoms with Gasteiger partial charge < -0.3 is 5.11 Å². The molecule has 12 heavy (non-hydrogen) atoms. The van der Waals surface area contributed by atoms with E-state index in [9.17, 15) is 9.50 Å². The monoisotopic (exact) mass is 168 g/mol. The molecule has 0 saturated heterocycles. The molecule has 0 aliphatic rings. The van der Waals surface area contributed by atoms with Gasteiger partial charge in [0.05, 0.1) is 5.60 Å². The van der Waals surface area contributed by atoms with E-state index in [1.165, 1.54) is 6.07 Å². The van der Waals surface area contributed by atoms with E-state index in [2.05, 4.69) is 0 Å². The van der Waals surface area contributed by atoms with Gasteiger partial charge in [0.2, 0.25) is 0 Å². The van der Waals surface area contributed by atoms with Crippen molar-refractivity contribution in [3.05, 3.63) is 35.1 Å². The van der Waals surface area contributed by atoms with E-state index in [-0.39, 0.29) is 5.82 Å². The quantitative estimate of drug-likeness (QED) is 0.682. The number of hydrogen-bond acceptors (Lipinski definition) is 1. The van der Waals surface area contributed by atoms with Crippen LogP contribution in [0.5, 0.6) is 0 Å². The molecule has 66 valence electrons. The lowest BCUT2D eigenvalue weighted by molar-refractivity contribution is 0.0784. The van der Waals surface area contributed by atoms with E-state index in [4.69, 9.17) is 0 Å². The Morgan fingerprint density at radius 2 is 1.92 bits per heavy atom. The van der Waals surface area contributed by atoms with E-state index in [0.717, 1.165) is 5.56 Å². The van der Waals surface area contributed by atoms with Gasteiger partial charge >= 0.3 is 0 Å². The smallest absolute Gasteiger partial charge is 0.126 e. The van der Waals surface area contributed by atoms with Crippen LogP contribution in [0.4, 0.5) is 4.39 Å². The maximum absolute atomic E-state index is 12.8. The Labute approximate surface area is 71.9 Å². The van der Waals surface area contributed by atoms with E-state index in [0.29, 0.717) is 5.56 Å². The van der Waals surface area contributed by atoms with E-state index in [1.54, 1.807) is 32.9 Å². The SMILES string of the molecule is Cc1cc(C(C)(C)O)ccc1F. The molecule has 0 bridgehead atoms. The summed E-state index contributed by atoms with van der Waals surface area (Å²) in [6, 6.07) is 4.64. The number of hydrogen-bond donors (Lipinski definition) is 1. The molecule has 0 aliphatic carbocycles. The molecule has 0 unspecified atom stereocenters. The fourth-order valence-corrected chi connectivity index (χ4v) is 1.03. The zero-order chi connectivity index (χ0) is 9.35. The molecule has 0 aromatic heterocycles. The molecule has 1 aromatic rings. The Bertz CT molecular complexity index is 286. The van der Waals surface area contributed by atoms with Crippen LogP contribution in [-0.2, 0) is 5.60 Å². The third-order valence-corrected chi connectivity index (χ3v) is 1.86.